The normalized spacial score (nSPS) is 17.0. The van der Waals surface area contributed by atoms with Crippen LogP contribution in [0.2, 0.25) is 0 Å². The molecule has 1 saturated heterocycles. The van der Waals surface area contributed by atoms with Crippen LogP contribution in [-0.2, 0) is 12.7 Å². The van der Waals surface area contributed by atoms with E-state index in [0.29, 0.717) is 43.6 Å². The molecule has 0 amide bonds. The van der Waals surface area contributed by atoms with Crippen molar-refractivity contribution in [1.82, 2.24) is 15.1 Å². The molecule has 1 aliphatic rings. The molecule has 134 valence electrons. The summed E-state index contributed by atoms with van der Waals surface area (Å²) in [5.41, 5.74) is 5.73. The Labute approximate surface area is 142 Å². The average molecular weight is 354 g/mol. The summed E-state index contributed by atoms with van der Waals surface area (Å²) in [6.45, 7) is 1.79. The van der Waals surface area contributed by atoms with E-state index in [1.807, 2.05) is 0 Å². The van der Waals surface area contributed by atoms with Crippen molar-refractivity contribution in [2.45, 2.75) is 31.5 Å². The number of nitrogens with two attached hydrogens (primary N) is 1. The number of hydrogen-bond acceptors (Lipinski definition) is 4. The van der Waals surface area contributed by atoms with E-state index in [1.165, 1.54) is 6.07 Å². The molecule has 0 bridgehead atoms. The number of halogens is 4. The van der Waals surface area contributed by atoms with E-state index in [0.717, 1.165) is 6.07 Å². The lowest BCUT2D eigenvalue weighted by Gasteiger charge is -2.32. The van der Waals surface area contributed by atoms with E-state index in [1.54, 1.807) is 18.2 Å². The quantitative estimate of drug-likeness (QED) is 0.856. The summed E-state index contributed by atoms with van der Waals surface area (Å²) >= 11 is 0. The number of piperidine rings is 1. The Kier molecular flexibility index (Phi) is 4.89. The van der Waals surface area contributed by atoms with Crippen molar-refractivity contribution in [1.29, 1.82) is 0 Å². The molecule has 0 atom stereocenters. The molecule has 2 aromatic rings. The fourth-order valence-corrected chi connectivity index (χ4v) is 3.15. The van der Waals surface area contributed by atoms with Crippen LogP contribution >= 0.6 is 0 Å². The number of anilines is 1. The van der Waals surface area contributed by atoms with Gasteiger partial charge in [-0.2, -0.15) is 13.2 Å². The molecule has 3 rings (SSSR count). The van der Waals surface area contributed by atoms with Gasteiger partial charge in [-0.25, -0.2) is 4.39 Å². The molecular formula is C17H18F4N4. The van der Waals surface area contributed by atoms with Gasteiger partial charge in [-0.1, -0.05) is 18.2 Å². The lowest BCUT2D eigenvalue weighted by atomic mass is 9.89. The van der Waals surface area contributed by atoms with Crippen LogP contribution in [0, 0.1) is 5.82 Å². The van der Waals surface area contributed by atoms with Gasteiger partial charge in [0.1, 0.15) is 11.6 Å². The molecule has 1 fully saturated rings. The summed E-state index contributed by atoms with van der Waals surface area (Å²) in [6, 6.07) is 7.58. The highest BCUT2D eigenvalue weighted by Gasteiger charge is 2.35. The van der Waals surface area contributed by atoms with Crippen LogP contribution < -0.4 is 5.73 Å². The van der Waals surface area contributed by atoms with Gasteiger partial charge in [0.05, 0.1) is 0 Å². The standard InChI is InChI=1S/C17H18F4N4/c18-14-4-2-1-3-12(14)10-25-7-5-11(6-8-25)13-9-15(17(19,20)21)23-24-16(13)22/h1-4,9,11H,5-8,10H2,(H2,22,24). The van der Waals surface area contributed by atoms with Crippen LogP contribution in [0.4, 0.5) is 23.4 Å². The Morgan fingerprint density at radius 1 is 1.12 bits per heavy atom. The lowest BCUT2D eigenvalue weighted by molar-refractivity contribution is -0.141. The molecule has 2 heterocycles. The zero-order chi connectivity index (χ0) is 18.0. The van der Waals surface area contributed by atoms with Crippen molar-refractivity contribution < 1.29 is 17.6 Å². The molecule has 8 heteroatoms. The number of hydrogen-bond donors (Lipinski definition) is 1. The van der Waals surface area contributed by atoms with Gasteiger partial charge in [0, 0.05) is 17.7 Å². The number of nitrogens with zero attached hydrogens (tertiary/aromatic N) is 3. The number of nitrogen functional groups attached to an aromatic ring is 1. The van der Waals surface area contributed by atoms with Crippen molar-refractivity contribution in [3.8, 4) is 0 Å². The number of benzene rings is 1. The predicted octanol–water partition coefficient (Wildman–Crippen LogP) is 3.60. The van der Waals surface area contributed by atoms with Crippen molar-refractivity contribution in [2.75, 3.05) is 18.8 Å². The number of likely N-dealkylation sites (tertiary alicyclic amines) is 1. The van der Waals surface area contributed by atoms with Gasteiger partial charge in [0.25, 0.3) is 0 Å². The first kappa shape index (κ1) is 17.6. The van der Waals surface area contributed by atoms with Crippen molar-refractivity contribution in [3.63, 3.8) is 0 Å². The Morgan fingerprint density at radius 3 is 2.44 bits per heavy atom. The summed E-state index contributed by atoms with van der Waals surface area (Å²) in [6.07, 6.45) is -3.26. The zero-order valence-corrected chi connectivity index (χ0v) is 13.4. The minimum absolute atomic E-state index is 0.0422. The minimum atomic E-state index is -4.54. The molecular weight excluding hydrogens is 336 g/mol. The molecule has 0 radical (unpaired) electrons. The molecule has 1 aromatic carbocycles. The number of rotatable bonds is 3. The third kappa shape index (κ3) is 4.07. The van der Waals surface area contributed by atoms with Gasteiger partial charge in [-0.05, 0) is 44.0 Å². The average Bonchev–Trinajstić information content (AvgIpc) is 2.57. The second-order valence-electron chi connectivity index (χ2n) is 6.21. The van der Waals surface area contributed by atoms with Crippen LogP contribution in [-0.4, -0.2) is 28.2 Å². The first-order valence-electron chi connectivity index (χ1n) is 8.00. The van der Waals surface area contributed by atoms with E-state index in [-0.39, 0.29) is 17.6 Å². The van der Waals surface area contributed by atoms with Crippen LogP contribution in [0.5, 0.6) is 0 Å². The van der Waals surface area contributed by atoms with Gasteiger partial charge in [0.2, 0.25) is 0 Å². The predicted molar refractivity (Wildman–Crippen MR) is 85.1 cm³/mol. The highest BCUT2D eigenvalue weighted by Crippen LogP contribution is 2.35. The SMILES string of the molecule is Nc1nnc(C(F)(F)F)cc1C1CCN(Cc2ccccc2F)CC1. The first-order chi connectivity index (χ1) is 11.8. The van der Waals surface area contributed by atoms with E-state index in [2.05, 4.69) is 15.1 Å². The Bertz CT molecular complexity index is 740. The van der Waals surface area contributed by atoms with E-state index in [9.17, 15) is 17.6 Å². The third-order valence-corrected chi connectivity index (χ3v) is 4.52. The minimum Gasteiger partial charge on any atom is -0.382 e. The summed E-state index contributed by atoms with van der Waals surface area (Å²) < 4.78 is 52.2. The molecule has 0 aliphatic carbocycles. The topological polar surface area (TPSA) is 55.0 Å². The van der Waals surface area contributed by atoms with Gasteiger partial charge < -0.3 is 5.73 Å². The van der Waals surface area contributed by atoms with Crippen LogP contribution in [0.25, 0.3) is 0 Å². The van der Waals surface area contributed by atoms with E-state index >= 15 is 0 Å². The van der Waals surface area contributed by atoms with Crippen molar-refractivity contribution >= 4 is 5.82 Å². The van der Waals surface area contributed by atoms with E-state index in [4.69, 9.17) is 5.73 Å². The Hall–Kier alpha value is -2.22. The second kappa shape index (κ2) is 6.95. The summed E-state index contributed by atoms with van der Waals surface area (Å²) in [4.78, 5) is 2.09. The second-order valence-corrected chi connectivity index (χ2v) is 6.21. The fourth-order valence-electron chi connectivity index (χ4n) is 3.15. The van der Waals surface area contributed by atoms with Gasteiger partial charge in [-0.3, -0.25) is 4.90 Å². The number of alkyl halides is 3. The molecule has 1 aromatic heterocycles. The maximum Gasteiger partial charge on any atom is 0.435 e. The highest BCUT2D eigenvalue weighted by molar-refractivity contribution is 5.42. The molecule has 25 heavy (non-hydrogen) atoms. The smallest absolute Gasteiger partial charge is 0.382 e. The van der Waals surface area contributed by atoms with Crippen molar-refractivity contribution in [2.24, 2.45) is 0 Å². The highest BCUT2D eigenvalue weighted by atomic mass is 19.4. The first-order valence-corrected chi connectivity index (χ1v) is 8.00. The molecule has 0 saturated carbocycles. The maximum atomic E-state index is 13.7. The van der Waals surface area contributed by atoms with E-state index < -0.39 is 11.9 Å². The Balaban J connectivity index is 1.67. The summed E-state index contributed by atoms with van der Waals surface area (Å²) in [7, 11) is 0. The van der Waals surface area contributed by atoms with Gasteiger partial charge in [0.15, 0.2) is 5.69 Å². The lowest BCUT2D eigenvalue weighted by Crippen LogP contribution is -2.33. The van der Waals surface area contributed by atoms with Crippen LogP contribution in [0.1, 0.15) is 35.6 Å². The van der Waals surface area contributed by atoms with Gasteiger partial charge in [-0.15, -0.1) is 10.2 Å². The van der Waals surface area contributed by atoms with Crippen LogP contribution in [0.15, 0.2) is 30.3 Å². The largest absolute Gasteiger partial charge is 0.435 e. The molecule has 0 unspecified atom stereocenters. The zero-order valence-electron chi connectivity index (χ0n) is 13.4. The maximum absolute atomic E-state index is 13.7. The molecule has 2 N–H and O–H groups in total. The molecule has 1 aliphatic heterocycles. The Morgan fingerprint density at radius 2 is 1.80 bits per heavy atom. The fraction of sp³-hybridized carbons (Fsp3) is 0.412. The monoisotopic (exact) mass is 354 g/mol. The summed E-state index contributed by atoms with van der Waals surface area (Å²) in [5.74, 6) is -0.309. The number of aromatic nitrogens is 2. The van der Waals surface area contributed by atoms with Gasteiger partial charge >= 0.3 is 6.18 Å². The molecule has 0 spiro atoms. The summed E-state index contributed by atoms with van der Waals surface area (Å²) in [5, 5.41) is 6.60. The third-order valence-electron chi connectivity index (χ3n) is 4.52. The van der Waals surface area contributed by atoms with Crippen LogP contribution in [0.3, 0.4) is 0 Å². The van der Waals surface area contributed by atoms with Crippen molar-refractivity contribution in [3.05, 3.63) is 53.0 Å². The molecule has 4 nitrogen and oxygen atoms in total.